The second-order valence-corrected chi connectivity index (χ2v) is 7.52. The van der Waals surface area contributed by atoms with Crippen LogP contribution in [0.15, 0.2) is 36.9 Å². The van der Waals surface area contributed by atoms with E-state index in [-0.39, 0.29) is 24.0 Å². The number of carbonyl (C=O) groups excluding carboxylic acids is 1. The number of amides is 2. The molecule has 1 aliphatic rings. The van der Waals surface area contributed by atoms with E-state index in [2.05, 4.69) is 35.6 Å². The molecule has 0 aliphatic carbocycles. The Morgan fingerprint density at radius 3 is 2.72 bits per heavy atom. The molecule has 1 fully saturated rings. The minimum absolute atomic E-state index is 0.0376. The molecule has 3 aromatic rings. The van der Waals surface area contributed by atoms with Crippen molar-refractivity contribution in [2.45, 2.75) is 32.2 Å². The summed E-state index contributed by atoms with van der Waals surface area (Å²) in [5.41, 5.74) is 0.795. The van der Waals surface area contributed by atoms with E-state index < -0.39 is 17.8 Å². The first-order valence-electron chi connectivity index (χ1n) is 10.5. The number of pyridine rings is 1. The van der Waals surface area contributed by atoms with Crippen LogP contribution in [0, 0.1) is 11.8 Å². The molecule has 3 aromatic heterocycles. The fourth-order valence-electron chi connectivity index (χ4n) is 3.80. The normalized spacial score (nSPS) is 15.0. The van der Waals surface area contributed by atoms with Crippen LogP contribution in [0.2, 0.25) is 0 Å². The van der Waals surface area contributed by atoms with E-state index in [1.54, 1.807) is 37.5 Å². The highest BCUT2D eigenvalue weighted by molar-refractivity contribution is 5.88. The summed E-state index contributed by atoms with van der Waals surface area (Å²) in [5.74, 6) is -0.813. The zero-order valence-electron chi connectivity index (χ0n) is 17.6. The largest absolute Gasteiger partial charge is 0.338 e. The SMILES string of the molecule is CCNC(=O)Nc1ncnc(CN2CCC(c3ccc(-n4cccn4)nc3F)CC2)c1F. The van der Waals surface area contributed by atoms with Crippen LogP contribution >= 0.6 is 0 Å². The summed E-state index contributed by atoms with van der Waals surface area (Å²) < 4.78 is 30.9. The number of urea groups is 1. The molecule has 1 aliphatic heterocycles. The van der Waals surface area contributed by atoms with Crippen LogP contribution < -0.4 is 10.6 Å². The zero-order valence-corrected chi connectivity index (χ0v) is 17.6. The fourth-order valence-corrected chi connectivity index (χ4v) is 3.80. The Hall–Kier alpha value is -3.47. The van der Waals surface area contributed by atoms with Crippen molar-refractivity contribution in [1.29, 1.82) is 0 Å². The lowest BCUT2D eigenvalue weighted by Crippen LogP contribution is -2.34. The highest BCUT2D eigenvalue weighted by Gasteiger charge is 2.25. The maximum atomic E-state index is 14.7. The van der Waals surface area contributed by atoms with Crippen LogP contribution in [0.3, 0.4) is 0 Å². The lowest BCUT2D eigenvalue weighted by Gasteiger charge is -2.32. The minimum Gasteiger partial charge on any atom is -0.338 e. The number of hydrogen-bond acceptors (Lipinski definition) is 6. The maximum absolute atomic E-state index is 14.7. The summed E-state index contributed by atoms with van der Waals surface area (Å²) in [6.45, 7) is 3.79. The Labute approximate surface area is 183 Å². The van der Waals surface area contributed by atoms with Crippen molar-refractivity contribution in [1.82, 2.24) is 34.9 Å². The highest BCUT2D eigenvalue weighted by Crippen LogP contribution is 2.30. The first kappa shape index (κ1) is 21.8. The molecule has 4 heterocycles. The number of carbonyl (C=O) groups is 1. The third-order valence-corrected chi connectivity index (χ3v) is 5.43. The van der Waals surface area contributed by atoms with E-state index in [9.17, 15) is 13.6 Å². The molecule has 0 radical (unpaired) electrons. The average Bonchev–Trinajstić information content (AvgIpc) is 3.32. The summed E-state index contributed by atoms with van der Waals surface area (Å²) in [6.07, 6.45) is 5.99. The summed E-state index contributed by atoms with van der Waals surface area (Å²) in [6, 6.07) is 4.76. The number of anilines is 1. The monoisotopic (exact) mass is 442 g/mol. The molecule has 2 N–H and O–H groups in total. The predicted octanol–water partition coefficient (Wildman–Crippen LogP) is 2.86. The van der Waals surface area contributed by atoms with E-state index >= 15 is 0 Å². The van der Waals surface area contributed by atoms with Crippen molar-refractivity contribution >= 4 is 11.8 Å². The molecule has 11 heteroatoms. The van der Waals surface area contributed by atoms with Crippen LogP contribution in [0.5, 0.6) is 0 Å². The van der Waals surface area contributed by atoms with Crippen molar-refractivity contribution in [3.63, 3.8) is 0 Å². The van der Waals surface area contributed by atoms with E-state index in [0.29, 0.717) is 31.0 Å². The number of aromatic nitrogens is 5. The number of halogens is 2. The van der Waals surface area contributed by atoms with Gasteiger partial charge in [0.15, 0.2) is 17.5 Å². The molecule has 4 rings (SSSR count). The molecule has 9 nitrogen and oxygen atoms in total. The first-order chi connectivity index (χ1) is 15.5. The van der Waals surface area contributed by atoms with Gasteiger partial charge in [-0.25, -0.2) is 23.8 Å². The molecular formula is C21H24F2N8O. The Bertz CT molecular complexity index is 1070. The number of piperidine rings is 1. The standard InChI is InChI=1S/C21H24F2N8O/c1-2-24-21(32)29-20-18(22)16(25-13-26-20)12-30-10-6-14(7-11-30)15-4-5-17(28-19(15)23)31-9-3-8-27-31/h3-5,8-9,13-14H,2,6-7,10-12H2,1H3,(H2,24,25,26,29,32). The first-order valence-corrected chi connectivity index (χ1v) is 10.5. The van der Waals surface area contributed by atoms with Crippen LogP contribution in [0.25, 0.3) is 5.82 Å². The van der Waals surface area contributed by atoms with Crippen molar-refractivity contribution in [3.05, 3.63) is 59.9 Å². The molecule has 168 valence electrons. The smallest absolute Gasteiger partial charge is 0.320 e. The Morgan fingerprint density at radius 1 is 1.22 bits per heavy atom. The number of nitrogens with one attached hydrogen (secondary N) is 2. The van der Waals surface area contributed by atoms with Gasteiger partial charge in [0, 0.05) is 31.0 Å². The Morgan fingerprint density at radius 2 is 2.03 bits per heavy atom. The van der Waals surface area contributed by atoms with Gasteiger partial charge in [0.1, 0.15) is 6.33 Å². The molecule has 0 atom stereocenters. The van der Waals surface area contributed by atoms with Crippen LogP contribution in [0.1, 0.15) is 36.9 Å². The summed E-state index contributed by atoms with van der Waals surface area (Å²) >= 11 is 0. The van der Waals surface area contributed by atoms with Gasteiger partial charge in [-0.15, -0.1) is 0 Å². The van der Waals surface area contributed by atoms with Gasteiger partial charge in [-0.3, -0.25) is 10.2 Å². The lowest BCUT2D eigenvalue weighted by molar-refractivity contribution is 0.198. The molecule has 1 saturated heterocycles. The zero-order chi connectivity index (χ0) is 22.5. The quantitative estimate of drug-likeness (QED) is 0.570. The predicted molar refractivity (Wildman–Crippen MR) is 113 cm³/mol. The molecule has 0 unspecified atom stereocenters. The van der Waals surface area contributed by atoms with Crippen molar-refractivity contribution in [3.8, 4) is 5.82 Å². The summed E-state index contributed by atoms with van der Waals surface area (Å²) in [7, 11) is 0. The van der Waals surface area contributed by atoms with Crippen LogP contribution in [-0.4, -0.2) is 55.3 Å². The molecule has 0 saturated carbocycles. The average molecular weight is 442 g/mol. The molecule has 2 amide bonds. The summed E-state index contributed by atoms with van der Waals surface area (Å²) in [5, 5.41) is 8.99. The summed E-state index contributed by atoms with van der Waals surface area (Å²) in [4.78, 5) is 25.6. The van der Waals surface area contributed by atoms with E-state index in [4.69, 9.17) is 0 Å². The van der Waals surface area contributed by atoms with Gasteiger partial charge >= 0.3 is 6.03 Å². The third kappa shape index (κ3) is 4.88. The lowest BCUT2D eigenvalue weighted by atomic mass is 9.90. The Balaban J connectivity index is 1.37. The van der Waals surface area contributed by atoms with E-state index in [0.717, 1.165) is 12.8 Å². The molecule has 0 aromatic carbocycles. The molecule has 0 spiro atoms. The van der Waals surface area contributed by atoms with Gasteiger partial charge in [-0.05, 0) is 50.9 Å². The second-order valence-electron chi connectivity index (χ2n) is 7.52. The number of rotatable bonds is 6. The van der Waals surface area contributed by atoms with E-state index in [1.807, 2.05) is 0 Å². The van der Waals surface area contributed by atoms with Gasteiger partial charge in [-0.2, -0.15) is 14.5 Å². The second kappa shape index (κ2) is 9.77. The number of likely N-dealkylation sites (tertiary alicyclic amines) is 1. The third-order valence-electron chi connectivity index (χ3n) is 5.43. The Kier molecular flexibility index (Phi) is 6.64. The molecular weight excluding hydrogens is 418 g/mol. The van der Waals surface area contributed by atoms with Crippen molar-refractivity contribution in [2.75, 3.05) is 25.0 Å². The van der Waals surface area contributed by atoms with Crippen LogP contribution in [-0.2, 0) is 6.54 Å². The minimum atomic E-state index is -0.648. The van der Waals surface area contributed by atoms with Crippen molar-refractivity contribution < 1.29 is 13.6 Å². The van der Waals surface area contributed by atoms with Crippen LogP contribution in [0.4, 0.5) is 19.4 Å². The topological polar surface area (TPSA) is 101 Å². The van der Waals surface area contributed by atoms with Gasteiger partial charge < -0.3 is 5.32 Å². The number of hydrogen-bond donors (Lipinski definition) is 2. The van der Waals surface area contributed by atoms with Gasteiger partial charge in [0.2, 0.25) is 5.95 Å². The number of nitrogens with zero attached hydrogens (tertiary/aromatic N) is 6. The van der Waals surface area contributed by atoms with Gasteiger partial charge in [0.05, 0.1) is 5.69 Å². The molecule has 0 bridgehead atoms. The highest BCUT2D eigenvalue weighted by atomic mass is 19.1. The van der Waals surface area contributed by atoms with E-state index in [1.165, 1.54) is 11.0 Å². The van der Waals surface area contributed by atoms with Gasteiger partial charge in [-0.1, -0.05) is 6.07 Å². The maximum Gasteiger partial charge on any atom is 0.320 e. The molecule has 32 heavy (non-hydrogen) atoms. The van der Waals surface area contributed by atoms with Crippen molar-refractivity contribution in [2.24, 2.45) is 0 Å². The van der Waals surface area contributed by atoms with Gasteiger partial charge in [0.25, 0.3) is 0 Å². The fraction of sp³-hybridized carbons (Fsp3) is 0.381.